The molecule has 1 fully saturated rings. The Morgan fingerprint density at radius 2 is 1.86 bits per heavy atom. The van der Waals surface area contributed by atoms with Crippen LogP contribution in [0.25, 0.3) is 0 Å². The molecular weight excluding hydrogens is 360 g/mol. The number of methoxy groups -OCH3 is 1. The van der Waals surface area contributed by atoms with E-state index in [1.165, 1.54) is 6.07 Å². The summed E-state index contributed by atoms with van der Waals surface area (Å²) in [6.07, 6.45) is 0. The zero-order chi connectivity index (χ0) is 20.1. The molecule has 3 rings (SSSR count). The van der Waals surface area contributed by atoms with Crippen LogP contribution < -0.4 is 15.0 Å². The van der Waals surface area contributed by atoms with E-state index in [1.54, 1.807) is 26.2 Å². The highest BCUT2D eigenvalue weighted by molar-refractivity contribution is 5.95. The summed E-state index contributed by atoms with van der Waals surface area (Å²) in [5.41, 5.74) is 1.90. The number of anilines is 2. The van der Waals surface area contributed by atoms with E-state index in [9.17, 15) is 14.9 Å². The van der Waals surface area contributed by atoms with Crippen LogP contribution in [-0.4, -0.2) is 55.6 Å². The zero-order valence-electron chi connectivity index (χ0n) is 16.1. The Kier molecular flexibility index (Phi) is 6.10. The van der Waals surface area contributed by atoms with Crippen molar-refractivity contribution in [3.8, 4) is 5.75 Å². The van der Waals surface area contributed by atoms with Crippen LogP contribution in [0, 0.1) is 17.0 Å². The number of ether oxygens (including phenoxy) is 1. The van der Waals surface area contributed by atoms with Crippen molar-refractivity contribution in [2.45, 2.75) is 6.92 Å². The number of piperazine rings is 1. The monoisotopic (exact) mass is 384 g/mol. The van der Waals surface area contributed by atoms with E-state index in [-0.39, 0.29) is 23.8 Å². The lowest BCUT2D eigenvalue weighted by molar-refractivity contribution is -0.384. The summed E-state index contributed by atoms with van der Waals surface area (Å²) in [7, 11) is 1.66. The van der Waals surface area contributed by atoms with Gasteiger partial charge in [0.05, 0.1) is 24.3 Å². The van der Waals surface area contributed by atoms with Crippen LogP contribution in [-0.2, 0) is 4.79 Å². The van der Waals surface area contributed by atoms with E-state index >= 15 is 0 Å². The molecule has 2 aromatic rings. The number of benzene rings is 2. The topological polar surface area (TPSA) is 88.0 Å². The van der Waals surface area contributed by atoms with Crippen molar-refractivity contribution in [2.24, 2.45) is 0 Å². The first-order valence-electron chi connectivity index (χ1n) is 9.13. The minimum absolute atomic E-state index is 0.0886. The molecule has 0 saturated carbocycles. The first kappa shape index (κ1) is 19.6. The van der Waals surface area contributed by atoms with Crippen LogP contribution >= 0.6 is 0 Å². The molecule has 0 radical (unpaired) electrons. The molecular formula is C20H24N4O4. The van der Waals surface area contributed by atoms with E-state index in [0.29, 0.717) is 5.56 Å². The van der Waals surface area contributed by atoms with Gasteiger partial charge in [-0.25, -0.2) is 0 Å². The number of hydrogen-bond acceptors (Lipinski definition) is 6. The molecule has 1 heterocycles. The van der Waals surface area contributed by atoms with Crippen LogP contribution in [0.2, 0.25) is 0 Å². The summed E-state index contributed by atoms with van der Waals surface area (Å²) < 4.78 is 5.42. The van der Waals surface area contributed by atoms with E-state index < -0.39 is 4.92 Å². The lowest BCUT2D eigenvalue weighted by atomic mass is 10.1. The van der Waals surface area contributed by atoms with E-state index in [0.717, 1.165) is 37.6 Å². The number of rotatable bonds is 6. The van der Waals surface area contributed by atoms with Gasteiger partial charge in [0.25, 0.3) is 5.69 Å². The maximum Gasteiger partial charge on any atom is 0.293 e. The molecule has 1 N–H and O–H groups in total. The quantitative estimate of drug-likeness (QED) is 0.609. The molecule has 0 aliphatic carbocycles. The number of nitro groups is 1. The second-order valence-corrected chi connectivity index (χ2v) is 6.71. The Morgan fingerprint density at radius 3 is 2.54 bits per heavy atom. The van der Waals surface area contributed by atoms with Gasteiger partial charge in [-0.2, -0.15) is 0 Å². The number of nitrogens with zero attached hydrogens (tertiary/aromatic N) is 3. The molecule has 1 aliphatic heterocycles. The van der Waals surface area contributed by atoms with Crippen LogP contribution in [0.4, 0.5) is 17.1 Å². The van der Waals surface area contributed by atoms with Gasteiger partial charge in [0.2, 0.25) is 5.91 Å². The smallest absolute Gasteiger partial charge is 0.293 e. The SMILES string of the molecule is COc1ccccc1N1CCN(CC(=O)Nc2c(C)cccc2[N+](=O)[O-])CC1. The zero-order valence-corrected chi connectivity index (χ0v) is 16.1. The van der Waals surface area contributed by atoms with Gasteiger partial charge in [-0.3, -0.25) is 19.8 Å². The molecule has 2 aromatic carbocycles. The van der Waals surface area contributed by atoms with Gasteiger partial charge < -0.3 is 15.0 Å². The lowest BCUT2D eigenvalue weighted by Gasteiger charge is -2.36. The van der Waals surface area contributed by atoms with Crippen molar-refractivity contribution in [3.05, 3.63) is 58.1 Å². The average molecular weight is 384 g/mol. The third-order valence-corrected chi connectivity index (χ3v) is 4.88. The van der Waals surface area contributed by atoms with Crippen molar-refractivity contribution in [3.63, 3.8) is 0 Å². The highest BCUT2D eigenvalue weighted by atomic mass is 16.6. The lowest BCUT2D eigenvalue weighted by Crippen LogP contribution is -2.48. The number of nitrogens with one attached hydrogen (secondary N) is 1. The summed E-state index contributed by atoms with van der Waals surface area (Å²) in [4.78, 5) is 27.5. The average Bonchev–Trinajstić information content (AvgIpc) is 2.70. The number of carbonyl (C=O) groups is 1. The number of para-hydroxylation sites is 3. The van der Waals surface area contributed by atoms with E-state index in [1.807, 2.05) is 29.2 Å². The number of amides is 1. The first-order valence-corrected chi connectivity index (χ1v) is 9.13. The van der Waals surface area contributed by atoms with E-state index in [4.69, 9.17) is 4.74 Å². The fourth-order valence-electron chi connectivity index (χ4n) is 3.39. The predicted molar refractivity (Wildman–Crippen MR) is 108 cm³/mol. The summed E-state index contributed by atoms with van der Waals surface area (Å²) >= 11 is 0. The maximum atomic E-state index is 12.5. The normalized spacial score (nSPS) is 14.6. The van der Waals surface area contributed by atoms with Gasteiger partial charge in [-0.05, 0) is 24.6 Å². The fourth-order valence-corrected chi connectivity index (χ4v) is 3.39. The molecule has 0 atom stereocenters. The third kappa shape index (κ3) is 4.40. The molecule has 0 bridgehead atoms. The van der Waals surface area contributed by atoms with Crippen LogP contribution in [0.15, 0.2) is 42.5 Å². The predicted octanol–water partition coefficient (Wildman–Crippen LogP) is 2.67. The fraction of sp³-hybridized carbons (Fsp3) is 0.350. The number of hydrogen-bond donors (Lipinski definition) is 1. The van der Waals surface area contributed by atoms with Crippen LogP contribution in [0.5, 0.6) is 5.75 Å². The Morgan fingerprint density at radius 1 is 1.14 bits per heavy atom. The highest BCUT2D eigenvalue weighted by Gasteiger charge is 2.23. The second kappa shape index (κ2) is 8.71. The van der Waals surface area contributed by atoms with Crippen molar-refractivity contribution in [1.82, 2.24) is 4.90 Å². The molecule has 148 valence electrons. The third-order valence-electron chi connectivity index (χ3n) is 4.88. The molecule has 0 aromatic heterocycles. The largest absolute Gasteiger partial charge is 0.495 e. The Hall–Kier alpha value is -3.13. The van der Waals surface area contributed by atoms with Gasteiger partial charge >= 0.3 is 0 Å². The molecule has 28 heavy (non-hydrogen) atoms. The first-order chi connectivity index (χ1) is 13.5. The Labute approximate surface area is 163 Å². The minimum Gasteiger partial charge on any atom is -0.495 e. The van der Waals surface area contributed by atoms with Gasteiger partial charge in [0, 0.05) is 32.2 Å². The molecule has 8 nitrogen and oxygen atoms in total. The summed E-state index contributed by atoms with van der Waals surface area (Å²) in [5, 5.41) is 13.9. The van der Waals surface area contributed by atoms with Gasteiger partial charge in [-0.1, -0.05) is 24.3 Å². The minimum atomic E-state index is -0.478. The van der Waals surface area contributed by atoms with E-state index in [2.05, 4.69) is 10.2 Å². The maximum absolute atomic E-state index is 12.5. The molecule has 1 amide bonds. The van der Waals surface area contributed by atoms with Crippen LogP contribution in [0.1, 0.15) is 5.56 Å². The standard InChI is InChI=1S/C20H24N4O4/c1-15-6-5-8-17(24(26)27)20(15)21-19(25)14-22-10-12-23(13-11-22)16-7-3-4-9-18(16)28-2/h3-9H,10-14H2,1-2H3,(H,21,25). The number of carbonyl (C=O) groups excluding carboxylic acids is 1. The summed E-state index contributed by atoms with van der Waals surface area (Å²) in [6, 6.07) is 12.6. The Balaban J connectivity index is 1.58. The van der Waals surface area contributed by atoms with Crippen molar-refractivity contribution >= 4 is 23.0 Å². The summed E-state index contributed by atoms with van der Waals surface area (Å²) in [5.74, 6) is 0.587. The second-order valence-electron chi connectivity index (χ2n) is 6.71. The molecule has 8 heteroatoms. The Bertz CT molecular complexity index is 863. The molecule has 1 saturated heterocycles. The van der Waals surface area contributed by atoms with Crippen LogP contribution in [0.3, 0.4) is 0 Å². The van der Waals surface area contributed by atoms with Crippen molar-refractivity contribution in [2.75, 3.05) is 50.1 Å². The molecule has 0 unspecified atom stereocenters. The van der Waals surface area contributed by atoms with Gasteiger partial charge in [0.15, 0.2) is 0 Å². The van der Waals surface area contributed by atoms with Gasteiger partial charge in [0.1, 0.15) is 11.4 Å². The number of aryl methyl sites for hydroxylation is 1. The molecule has 0 spiro atoms. The highest BCUT2D eigenvalue weighted by Crippen LogP contribution is 2.29. The van der Waals surface area contributed by atoms with Crippen molar-refractivity contribution < 1.29 is 14.5 Å². The van der Waals surface area contributed by atoms with Crippen molar-refractivity contribution in [1.29, 1.82) is 0 Å². The van der Waals surface area contributed by atoms with Gasteiger partial charge in [-0.15, -0.1) is 0 Å². The summed E-state index contributed by atoms with van der Waals surface area (Å²) in [6.45, 7) is 4.94. The number of nitro benzene ring substituents is 1. The molecule has 1 aliphatic rings.